The zero-order chi connectivity index (χ0) is 14.0. The van der Waals surface area contributed by atoms with E-state index in [0.29, 0.717) is 25.0 Å². The van der Waals surface area contributed by atoms with Crippen molar-refractivity contribution in [1.29, 1.82) is 0 Å². The minimum atomic E-state index is -0.443. The van der Waals surface area contributed by atoms with Gasteiger partial charge in [-0.3, -0.25) is 15.0 Å². The van der Waals surface area contributed by atoms with Crippen LogP contribution in [0.3, 0.4) is 0 Å². The number of benzene rings is 1. The molecule has 1 saturated heterocycles. The number of nitrogens with two attached hydrogens (primary N) is 1. The molecule has 6 heteroatoms. The molecule has 0 amide bonds. The van der Waals surface area contributed by atoms with Gasteiger partial charge in [0.1, 0.15) is 5.02 Å². The smallest absolute Gasteiger partial charge is 0.288 e. The van der Waals surface area contributed by atoms with Crippen LogP contribution in [0.5, 0.6) is 0 Å². The number of nitro groups is 1. The van der Waals surface area contributed by atoms with E-state index in [4.69, 9.17) is 17.3 Å². The van der Waals surface area contributed by atoms with Crippen LogP contribution < -0.4 is 5.73 Å². The fraction of sp³-hybridized carbons (Fsp3) is 0.538. The van der Waals surface area contributed by atoms with Crippen molar-refractivity contribution in [2.24, 2.45) is 11.7 Å². The van der Waals surface area contributed by atoms with Crippen LogP contribution in [0.25, 0.3) is 0 Å². The molecule has 2 unspecified atom stereocenters. The maximum absolute atomic E-state index is 10.9. The summed E-state index contributed by atoms with van der Waals surface area (Å²) in [7, 11) is 0. The third-order valence-electron chi connectivity index (χ3n) is 3.72. The normalized spacial score (nSPS) is 23.7. The van der Waals surface area contributed by atoms with Gasteiger partial charge >= 0.3 is 0 Å². The van der Waals surface area contributed by atoms with E-state index in [2.05, 4.69) is 11.8 Å². The summed E-state index contributed by atoms with van der Waals surface area (Å²) in [5.41, 5.74) is 6.59. The highest BCUT2D eigenvalue weighted by atomic mass is 35.5. The van der Waals surface area contributed by atoms with Crippen molar-refractivity contribution in [1.82, 2.24) is 4.90 Å². The van der Waals surface area contributed by atoms with Crippen LogP contribution in [0.2, 0.25) is 5.02 Å². The van der Waals surface area contributed by atoms with E-state index < -0.39 is 4.92 Å². The Balaban J connectivity index is 2.11. The Morgan fingerprint density at radius 2 is 2.32 bits per heavy atom. The molecule has 1 aliphatic heterocycles. The molecular weight excluding hydrogens is 266 g/mol. The highest BCUT2D eigenvalue weighted by molar-refractivity contribution is 6.32. The highest BCUT2D eigenvalue weighted by Crippen LogP contribution is 2.28. The zero-order valence-corrected chi connectivity index (χ0v) is 11.6. The lowest BCUT2D eigenvalue weighted by Gasteiger charge is -2.21. The highest BCUT2D eigenvalue weighted by Gasteiger charge is 2.28. The molecule has 5 nitrogen and oxygen atoms in total. The fourth-order valence-electron chi connectivity index (χ4n) is 2.64. The van der Waals surface area contributed by atoms with Crippen molar-refractivity contribution in [2.75, 3.05) is 13.1 Å². The van der Waals surface area contributed by atoms with Gasteiger partial charge in [0, 0.05) is 25.2 Å². The molecule has 2 N–H and O–H groups in total. The fourth-order valence-corrected chi connectivity index (χ4v) is 2.83. The Morgan fingerprint density at radius 1 is 1.58 bits per heavy atom. The number of likely N-dealkylation sites (tertiary alicyclic amines) is 1. The lowest BCUT2D eigenvalue weighted by atomic mass is 10.1. The predicted octanol–water partition coefficient (Wildman–Crippen LogP) is 2.42. The molecule has 1 heterocycles. The molecule has 0 radical (unpaired) electrons. The van der Waals surface area contributed by atoms with E-state index in [0.717, 1.165) is 18.5 Å². The molecule has 1 fully saturated rings. The van der Waals surface area contributed by atoms with Crippen LogP contribution in [0.1, 0.15) is 18.9 Å². The van der Waals surface area contributed by atoms with Crippen LogP contribution in [-0.2, 0) is 6.54 Å². The molecule has 2 atom stereocenters. The van der Waals surface area contributed by atoms with Gasteiger partial charge in [0.05, 0.1) is 4.92 Å². The quantitative estimate of drug-likeness (QED) is 0.680. The predicted molar refractivity (Wildman–Crippen MR) is 75.1 cm³/mol. The molecule has 1 aromatic carbocycles. The van der Waals surface area contributed by atoms with Gasteiger partial charge in [-0.1, -0.05) is 17.7 Å². The van der Waals surface area contributed by atoms with Crippen LogP contribution >= 0.6 is 11.6 Å². The summed E-state index contributed by atoms with van der Waals surface area (Å²) >= 11 is 5.81. The number of nitro benzene ring substituents is 1. The second-order valence-corrected chi connectivity index (χ2v) is 5.57. The van der Waals surface area contributed by atoms with Crippen molar-refractivity contribution in [3.8, 4) is 0 Å². The van der Waals surface area contributed by atoms with Crippen LogP contribution in [0.4, 0.5) is 5.69 Å². The van der Waals surface area contributed by atoms with Crippen molar-refractivity contribution >= 4 is 17.3 Å². The molecule has 0 saturated carbocycles. The lowest BCUT2D eigenvalue weighted by molar-refractivity contribution is -0.384. The average Bonchev–Trinajstić information content (AvgIpc) is 2.72. The summed E-state index contributed by atoms with van der Waals surface area (Å²) < 4.78 is 0. The van der Waals surface area contributed by atoms with Crippen molar-refractivity contribution < 1.29 is 4.92 Å². The monoisotopic (exact) mass is 283 g/mol. The Kier molecular flexibility index (Phi) is 4.39. The van der Waals surface area contributed by atoms with E-state index in [-0.39, 0.29) is 10.7 Å². The van der Waals surface area contributed by atoms with Gasteiger partial charge in [-0.25, -0.2) is 0 Å². The minimum Gasteiger partial charge on any atom is -0.330 e. The zero-order valence-electron chi connectivity index (χ0n) is 10.9. The van der Waals surface area contributed by atoms with Gasteiger partial charge < -0.3 is 5.73 Å². The summed E-state index contributed by atoms with van der Waals surface area (Å²) in [5, 5.41) is 11.0. The first-order valence-electron chi connectivity index (χ1n) is 6.38. The number of rotatable bonds is 4. The molecule has 104 valence electrons. The lowest BCUT2D eigenvalue weighted by Crippen LogP contribution is -2.27. The second-order valence-electron chi connectivity index (χ2n) is 5.16. The first kappa shape index (κ1) is 14.2. The average molecular weight is 284 g/mol. The van der Waals surface area contributed by atoms with Crippen molar-refractivity contribution in [3.63, 3.8) is 0 Å². The minimum absolute atomic E-state index is 0.0265. The third-order valence-corrected chi connectivity index (χ3v) is 4.04. The van der Waals surface area contributed by atoms with Gasteiger partial charge in [0.2, 0.25) is 0 Å². The molecule has 2 rings (SSSR count). The molecule has 0 bridgehead atoms. The largest absolute Gasteiger partial charge is 0.330 e. The standard InChI is InChI=1S/C13H18ClN3O2/c1-9-4-11(6-15)8-16(9)7-10-2-3-12(14)13(5-10)17(18)19/h2-3,5,9,11H,4,6-8,15H2,1H3. The second kappa shape index (κ2) is 5.86. The van der Waals surface area contributed by atoms with Gasteiger partial charge in [0.25, 0.3) is 5.69 Å². The third kappa shape index (κ3) is 3.23. The van der Waals surface area contributed by atoms with Gasteiger partial charge in [-0.2, -0.15) is 0 Å². The Bertz CT molecular complexity index is 481. The maximum Gasteiger partial charge on any atom is 0.288 e. The number of hydrogen-bond acceptors (Lipinski definition) is 4. The topological polar surface area (TPSA) is 72.4 Å². The molecule has 0 aliphatic carbocycles. The first-order chi connectivity index (χ1) is 9.01. The summed E-state index contributed by atoms with van der Waals surface area (Å²) in [6.45, 7) is 4.52. The van der Waals surface area contributed by atoms with E-state index >= 15 is 0 Å². The van der Waals surface area contributed by atoms with Crippen LogP contribution in [0, 0.1) is 16.0 Å². The van der Waals surface area contributed by atoms with E-state index in [1.165, 1.54) is 0 Å². The van der Waals surface area contributed by atoms with Crippen molar-refractivity contribution in [3.05, 3.63) is 38.9 Å². The van der Waals surface area contributed by atoms with E-state index in [1.807, 2.05) is 6.07 Å². The van der Waals surface area contributed by atoms with Crippen LogP contribution in [-0.4, -0.2) is 29.0 Å². The molecule has 1 aliphatic rings. The Labute approximate surface area is 117 Å². The molecule has 1 aromatic rings. The molecule has 0 aromatic heterocycles. The Hall–Kier alpha value is -1.17. The molecule has 19 heavy (non-hydrogen) atoms. The molecule has 0 spiro atoms. The molecular formula is C13H18ClN3O2. The number of hydrogen-bond donors (Lipinski definition) is 1. The van der Waals surface area contributed by atoms with Crippen LogP contribution in [0.15, 0.2) is 18.2 Å². The number of halogens is 1. The SMILES string of the molecule is CC1CC(CN)CN1Cc1ccc(Cl)c([N+](=O)[O-])c1. The Morgan fingerprint density at radius 3 is 2.89 bits per heavy atom. The summed E-state index contributed by atoms with van der Waals surface area (Å²) in [5.74, 6) is 0.525. The van der Waals surface area contributed by atoms with Crippen molar-refractivity contribution in [2.45, 2.75) is 25.9 Å². The summed E-state index contributed by atoms with van der Waals surface area (Å²) in [4.78, 5) is 12.7. The summed E-state index contributed by atoms with van der Waals surface area (Å²) in [6.07, 6.45) is 1.09. The van der Waals surface area contributed by atoms with E-state index in [9.17, 15) is 10.1 Å². The summed E-state index contributed by atoms with van der Waals surface area (Å²) in [6, 6.07) is 5.46. The van der Waals surface area contributed by atoms with Gasteiger partial charge in [-0.05, 0) is 37.4 Å². The first-order valence-corrected chi connectivity index (χ1v) is 6.76. The number of nitrogens with zero attached hydrogens (tertiary/aromatic N) is 2. The maximum atomic E-state index is 10.9. The van der Waals surface area contributed by atoms with E-state index in [1.54, 1.807) is 12.1 Å². The van der Waals surface area contributed by atoms with Gasteiger partial charge in [0.15, 0.2) is 0 Å². The van der Waals surface area contributed by atoms with Gasteiger partial charge in [-0.15, -0.1) is 0 Å².